The molecule has 0 aliphatic carbocycles. The molecule has 1 aromatic rings. The van der Waals surface area contributed by atoms with Gasteiger partial charge in [-0.3, -0.25) is 14.3 Å². The van der Waals surface area contributed by atoms with Crippen LogP contribution in [-0.2, 0) is 16.1 Å². The number of nitrogens with zero attached hydrogens (tertiary/aromatic N) is 2. The van der Waals surface area contributed by atoms with Gasteiger partial charge >= 0.3 is 0 Å². The fraction of sp³-hybridized carbons (Fsp3) is 0.643. The van der Waals surface area contributed by atoms with E-state index in [-0.39, 0.29) is 18.4 Å². The molecule has 0 saturated heterocycles. The van der Waals surface area contributed by atoms with E-state index in [1.807, 2.05) is 0 Å². The van der Waals surface area contributed by atoms with E-state index in [4.69, 9.17) is 5.73 Å². The van der Waals surface area contributed by atoms with Crippen molar-refractivity contribution in [3.63, 3.8) is 0 Å². The summed E-state index contributed by atoms with van der Waals surface area (Å²) in [5.74, 6) is 0.324. The number of aromatic nitrogens is 2. The van der Waals surface area contributed by atoms with Gasteiger partial charge in [0.25, 0.3) is 0 Å². The number of carbonyl (C=O) groups excluding carboxylic acids is 2. The molecular formula is C14H25N5O2. The maximum absolute atomic E-state index is 11.9. The van der Waals surface area contributed by atoms with E-state index in [1.165, 1.54) is 10.9 Å². The molecule has 4 N–H and O–H groups in total. The zero-order valence-electron chi connectivity index (χ0n) is 12.8. The number of hydrogen-bond donors (Lipinski definition) is 3. The minimum Gasteiger partial charge on any atom is -0.358 e. The van der Waals surface area contributed by atoms with E-state index in [9.17, 15) is 9.59 Å². The molecule has 0 aromatic carbocycles. The number of amides is 2. The van der Waals surface area contributed by atoms with Gasteiger partial charge in [0, 0.05) is 19.7 Å². The third-order valence-electron chi connectivity index (χ3n) is 3.43. The van der Waals surface area contributed by atoms with Gasteiger partial charge in [-0.15, -0.1) is 0 Å². The summed E-state index contributed by atoms with van der Waals surface area (Å²) in [6.07, 6.45) is 6.48. The fourth-order valence-electron chi connectivity index (χ4n) is 2.09. The summed E-state index contributed by atoms with van der Waals surface area (Å²) in [5, 5.41) is 9.33. The average Bonchev–Trinajstić information content (AvgIpc) is 2.90. The lowest BCUT2D eigenvalue weighted by molar-refractivity contribution is -0.121. The lowest BCUT2D eigenvalue weighted by Gasteiger charge is -2.12. The second-order valence-electron chi connectivity index (χ2n) is 5.04. The summed E-state index contributed by atoms with van der Waals surface area (Å²) in [6, 6.07) is 0. The van der Waals surface area contributed by atoms with Gasteiger partial charge in [0.1, 0.15) is 6.54 Å². The van der Waals surface area contributed by atoms with Gasteiger partial charge in [-0.1, -0.05) is 13.3 Å². The molecule has 0 radical (unpaired) electrons. The maximum atomic E-state index is 11.9. The van der Waals surface area contributed by atoms with Crippen molar-refractivity contribution in [1.29, 1.82) is 0 Å². The van der Waals surface area contributed by atoms with Crippen molar-refractivity contribution >= 4 is 17.5 Å². The number of rotatable bonds is 9. The maximum Gasteiger partial charge on any atom is 0.241 e. The lowest BCUT2D eigenvalue weighted by Crippen LogP contribution is -2.23. The van der Waals surface area contributed by atoms with Crippen molar-refractivity contribution < 1.29 is 9.59 Å². The molecule has 1 rings (SSSR count). The number of anilines is 1. The summed E-state index contributed by atoms with van der Waals surface area (Å²) in [5.41, 5.74) is 6.15. The summed E-state index contributed by atoms with van der Waals surface area (Å²) < 4.78 is 1.48. The zero-order chi connectivity index (χ0) is 15.7. The zero-order valence-corrected chi connectivity index (χ0v) is 12.8. The van der Waals surface area contributed by atoms with E-state index >= 15 is 0 Å². The van der Waals surface area contributed by atoms with Gasteiger partial charge in [-0.05, 0) is 25.3 Å². The standard InChI is InChI=1S/C14H25N5O2/c1-3-11(6-7-15)4-5-13(20)18-12-8-17-19(9-12)10-14(21)16-2/h8-9,11H,3-7,10,15H2,1-2H3,(H,16,21)(H,18,20). The van der Waals surface area contributed by atoms with Gasteiger partial charge in [0.15, 0.2) is 0 Å². The minimum absolute atomic E-state index is 0.0371. The molecule has 0 fully saturated rings. The van der Waals surface area contributed by atoms with Crippen molar-refractivity contribution in [2.24, 2.45) is 11.7 Å². The van der Waals surface area contributed by atoms with E-state index < -0.39 is 0 Å². The molecule has 21 heavy (non-hydrogen) atoms. The van der Waals surface area contributed by atoms with E-state index in [2.05, 4.69) is 22.7 Å². The van der Waals surface area contributed by atoms with Crippen LogP contribution in [0.2, 0.25) is 0 Å². The SMILES string of the molecule is CCC(CCN)CCC(=O)Nc1cnn(CC(=O)NC)c1. The third kappa shape index (κ3) is 6.40. The molecule has 1 heterocycles. The first kappa shape index (κ1) is 17.2. The van der Waals surface area contributed by atoms with E-state index in [0.717, 1.165) is 19.3 Å². The van der Waals surface area contributed by atoms with Gasteiger partial charge in [0.05, 0.1) is 11.9 Å². The molecule has 0 aliphatic rings. The summed E-state index contributed by atoms with van der Waals surface area (Å²) in [7, 11) is 1.57. The Morgan fingerprint density at radius 2 is 2.14 bits per heavy atom. The van der Waals surface area contributed by atoms with Crippen LogP contribution in [0.1, 0.15) is 32.6 Å². The Bertz CT molecular complexity index is 458. The molecule has 1 atom stereocenters. The molecule has 7 nitrogen and oxygen atoms in total. The monoisotopic (exact) mass is 295 g/mol. The largest absolute Gasteiger partial charge is 0.358 e. The molecule has 1 aromatic heterocycles. The Hall–Kier alpha value is -1.89. The third-order valence-corrected chi connectivity index (χ3v) is 3.43. The highest BCUT2D eigenvalue weighted by Gasteiger charge is 2.10. The summed E-state index contributed by atoms with van der Waals surface area (Å²) in [6.45, 7) is 2.91. The predicted molar refractivity (Wildman–Crippen MR) is 81.6 cm³/mol. The van der Waals surface area contributed by atoms with Crippen LogP contribution in [0.15, 0.2) is 12.4 Å². The van der Waals surface area contributed by atoms with Crippen LogP contribution in [0, 0.1) is 5.92 Å². The number of hydrogen-bond acceptors (Lipinski definition) is 4. The molecule has 0 saturated carbocycles. The molecule has 7 heteroatoms. The fourth-order valence-corrected chi connectivity index (χ4v) is 2.09. The molecule has 1 unspecified atom stereocenters. The average molecular weight is 295 g/mol. The predicted octanol–water partition coefficient (Wildman–Crippen LogP) is 0.723. The topological polar surface area (TPSA) is 102 Å². The van der Waals surface area contributed by atoms with Crippen molar-refractivity contribution in [1.82, 2.24) is 15.1 Å². The normalized spacial score (nSPS) is 12.0. The Balaban J connectivity index is 2.39. The van der Waals surface area contributed by atoms with Gasteiger partial charge in [-0.2, -0.15) is 5.10 Å². The smallest absolute Gasteiger partial charge is 0.241 e. The van der Waals surface area contributed by atoms with Crippen LogP contribution >= 0.6 is 0 Å². The second kappa shape index (κ2) is 9.12. The quantitative estimate of drug-likeness (QED) is 0.624. The second-order valence-corrected chi connectivity index (χ2v) is 5.04. The Kier molecular flexibility index (Phi) is 7.45. The van der Waals surface area contributed by atoms with Crippen LogP contribution in [-0.4, -0.2) is 35.2 Å². The summed E-state index contributed by atoms with van der Waals surface area (Å²) in [4.78, 5) is 23.1. The Morgan fingerprint density at radius 1 is 1.38 bits per heavy atom. The lowest BCUT2D eigenvalue weighted by atomic mass is 9.96. The van der Waals surface area contributed by atoms with Crippen molar-refractivity contribution in [2.45, 2.75) is 39.2 Å². The van der Waals surface area contributed by atoms with E-state index in [1.54, 1.807) is 13.2 Å². The van der Waals surface area contributed by atoms with Crippen molar-refractivity contribution in [2.75, 3.05) is 18.9 Å². The van der Waals surface area contributed by atoms with Gasteiger partial charge < -0.3 is 16.4 Å². The van der Waals surface area contributed by atoms with Gasteiger partial charge in [-0.25, -0.2) is 0 Å². The minimum atomic E-state index is -0.136. The molecule has 0 spiro atoms. The Labute approximate surface area is 125 Å². The van der Waals surface area contributed by atoms with Crippen LogP contribution in [0.25, 0.3) is 0 Å². The number of carbonyl (C=O) groups is 2. The molecule has 0 bridgehead atoms. The highest BCUT2D eigenvalue weighted by atomic mass is 16.2. The van der Waals surface area contributed by atoms with E-state index in [0.29, 0.717) is 24.6 Å². The van der Waals surface area contributed by atoms with Crippen LogP contribution in [0.3, 0.4) is 0 Å². The van der Waals surface area contributed by atoms with Gasteiger partial charge in [0.2, 0.25) is 11.8 Å². The molecule has 118 valence electrons. The highest BCUT2D eigenvalue weighted by Crippen LogP contribution is 2.15. The molecule has 0 aliphatic heterocycles. The first-order chi connectivity index (χ1) is 10.1. The number of nitrogens with one attached hydrogen (secondary N) is 2. The highest BCUT2D eigenvalue weighted by molar-refractivity contribution is 5.90. The van der Waals surface area contributed by atoms with Crippen LogP contribution in [0.4, 0.5) is 5.69 Å². The molecule has 2 amide bonds. The van der Waals surface area contributed by atoms with Crippen LogP contribution < -0.4 is 16.4 Å². The first-order valence-corrected chi connectivity index (χ1v) is 7.32. The number of nitrogens with two attached hydrogens (primary N) is 1. The van der Waals surface area contributed by atoms with Crippen molar-refractivity contribution in [3.8, 4) is 0 Å². The van der Waals surface area contributed by atoms with Crippen molar-refractivity contribution in [3.05, 3.63) is 12.4 Å². The molecular weight excluding hydrogens is 270 g/mol. The summed E-state index contributed by atoms with van der Waals surface area (Å²) >= 11 is 0. The Morgan fingerprint density at radius 3 is 2.76 bits per heavy atom. The van der Waals surface area contributed by atoms with Crippen LogP contribution in [0.5, 0.6) is 0 Å². The number of likely N-dealkylation sites (N-methyl/N-ethyl adjacent to an activating group) is 1. The first-order valence-electron chi connectivity index (χ1n) is 7.32.